The summed E-state index contributed by atoms with van der Waals surface area (Å²) in [6, 6.07) is 15.7. The first kappa shape index (κ1) is 18.8. The highest BCUT2D eigenvalue weighted by atomic mass is 16.1. The summed E-state index contributed by atoms with van der Waals surface area (Å²) in [6.45, 7) is 4.95. The second kappa shape index (κ2) is 7.56. The Morgan fingerprint density at radius 3 is 2.90 bits per heavy atom. The number of hydrogen-bond acceptors (Lipinski definition) is 3. The van der Waals surface area contributed by atoms with E-state index in [9.17, 15) is 4.79 Å². The molecule has 5 rings (SSSR count). The van der Waals surface area contributed by atoms with E-state index in [0.717, 1.165) is 51.0 Å². The molecule has 29 heavy (non-hydrogen) atoms. The van der Waals surface area contributed by atoms with Gasteiger partial charge in [0.15, 0.2) is 0 Å². The molecule has 4 heteroatoms. The Bertz CT molecular complexity index is 883. The normalized spacial score (nSPS) is 31.6. The second-order valence-electron chi connectivity index (χ2n) is 9.24. The highest BCUT2D eigenvalue weighted by Crippen LogP contribution is 2.49. The van der Waals surface area contributed by atoms with Crippen molar-refractivity contribution in [1.82, 2.24) is 15.2 Å². The van der Waals surface area contributed by atoms with Crippen LogP contribution in [-0.2, 0) is 16.6 Å². The first-order valence-electron chi connectivity index (χ1n) is 11.1. The number of pyridine rings is 1. The molecular formula is C25H31N3O. The third kappa shape index (κ3) is 3.18. The van der Waals surface area contributed by atoms with Gasteiger partial charge in [0.1, 0.15) is 0 Å². The number of rotatable bonds is 3. The van der Waals surface area contributed by atoms with E-state index in [1.165, 1.54) is 29.7 Å². The van der Waals surface area contributed by atoms with Gasteiger partial charge in [0, 0.05) is 48.4 Å². The monoisotopic (exact) mass is 389 g/mol. The van der Waals surface area contributed by atoms with E-state index in [1.807, 2.05) is 0 Å². The Morgan fingerprint density at radius 2 is 2.07 bits per heavy atom. The van der Waals surface area contributed by atoms with Gasteiger partial charge < -0.3 is 10.2 Å². The summed E-state index contributed by atoms with van der Waals surface area (Å²) in [5.74, 6) is 0.983. The number of nitrogens with zero attached hydrogens (tertiary/aromatic N) is 2. The van der Waals surface area contributed by atoms with Gasteiger partial charge in [0.25, 0.3) is 0 Å². The minimum Gasteiger partial charge on any atom is -0.342 e. The maximum atomic E-state index is 12.0. The topological polar surface area (TPSA) is 45.2 Å². The van der Waals surface area contributed by atoms with Crippen molar-refractivity contribution in [3.63, 3.8) is 0 Å². The summed E-state index contributed by atoms with van der Waals surface area (Å²) in [5.41, 5.74) is 5.37. The van der Waals surface area contributed by atoms with Gasteiger partial charge in [-0.1, -0.05) is 36.4 Å². The van der Waals surface area contributed by atoms with Crippen LogP contribution in [-0.4, -0.2) is 42.0 Å². The van der Waals surface area contributed by atoms with Crippen LogP contribution in [0.15, 0.2) is 42.5 Å². The molecular weight excluding hydrogens is 358 g/mol. The van der Waals surface area contributed by atoms with Crippen molar-refractivity contribution in [2.24, 2.45) is 5.92 Å². The Balaban J connectivity index is 1.51. The number of fused-ring (bicyclic) bond motifs is 2. The maximum Gasteiger partial charge on any atom is 0.209 e. The molecule has 2 fully saturated rings. The Morgan fingerprint density at radius 1 is 1.21 bits per heavy atom. The molecule has 3 aliphatic rings. The zero-order valence-corrected chi connectivity index (χ0v) is 17.3. The van der Waals surface area contributed by atoms with Crippen LogP contribution in [0.1, 0.15) is 54.1 Å². The van der Waals surface area contributed by atoms with Crippen LogP contribution in [0.5, 0.6) is 0 Å². The van der Waals surface area contributed by atoms with Crippen LogP contribution < -0.4 is 5.32 Å². The van der Waals surface area contributed by atoms with Crippen molar-refractivity contribution in [3.8, 4) is 0 Å². The first-order chi connectivity index (χ1) is 14.2. The van der Waals surface area contributed by atoms with Crippen molar-refractivity contribution in [3.05, 3.63) is 65.0 Å². The fraction of sp³-hybridized carbons (Fsp3) is 0.520. The van der Waals surface area contributed by atoms with Gasteiger partial charge in [-0.15, -0.1) is 0 Å². The number of aromatic nitrogens is 1. The predicted molar refractivity (Wildman–Crippen MR) is 115 cm³/mol. The quantitative estimate of drug-likeness (QED) is 0.816. The van der Waals surface area contributed by atoms with Crippen molar-refractivity contribution in [2.45, 2.75) is 56.4 Å². The molecule has 1 aromatic carbocycles. The number of amides is 1. The summed E-state index contributed by atoms with van der Waals surface area (Å²) in [4.78, 5) is 19.0. The minimum absolute atomic E-state index is 0.110. The van der Waals surface area contributed by atoms with Gasteiger partial charge in [-0.25, -0.2) is 0 Å². The van der Waals surface area contributed by atoms with Crippen LogP contribution >= 0.6 is 0 Å². The third-order valence-electron chi connectivity index (χ3n) is 7.76. The number of benzene rings is 1. The molecule has 0 bridgehead atoms. The molecule has 0 saturated carbocycles. The van der Waals surface area contributed by atoms with Gasteiger partial charge in [-0.2, -0.15) is 0 Å². The number of aryl methyl sites for hydroxylation is 2. The van der Waals surface area contributed by atoms with Crippen LogP contribution in [0.3, 0.4) is 0 Å². The van der Waals surface area contributed by atoms with Gasteiger partial charge >= 0.3 is 0 Å². The molecule has 4 nitrogen and oxygen atoms in total. The number of hydrogen-bond donors (Lipinski definition) is 1. The average molecular weight is 390 g/mol. The molecule has 2 saturated heterocycles. The van der Waals surface area contributed by atoms with Gasteiger partial charge in [-0.05, 0) is 62.1 Å². The molecule has 1 aromatic heterocycles. The molecule has 1 N–H and O–H groups in total. The van der Waals surface area contributed by atoms with Crippen LogP contribution in [0, 0.1) is 12.8 Å². The molecule has 152 valence electrons. The van der Waals surface area contributed by atoms with Crippen molar-refractivity contribution < 1.29 is 4.79 Å². The van der Waals surface area contributed by atoms with Crippen LogP contribution in [0.25, 0.3) is 0 Å². The van der Waals surface area contributed by atoms with Gasteiger partial charge in [0.2, 0.25) is 6.41 Å². The number of carbonyl (C=O) groups excluding carboxylic acids is 1. The molecule has 0 radical (unpaired) electrons. The van der Waals surface area contributed by atoms with Crippen LogP contribution in [0.2, 0.25) is 0 Å². The fourth-order valence-corrected chi connectivity index (χ4v) is 6.38. The standard InChI is InChI=1S/C25H31N3O/c1-18-9-10-21-23(27-18)8-5-12-25(21)16-26-15-22(25)24-14-20(11-13-28(24)17-29)19-6-3-2-4-7-19/h2-4,6-7,9-10,17,20,22,24,26H,5,8,11-16H2,1H3/t20?,22-,24?,25-/m0/s1. The van der Waals surface area contributed by atoms with Crippen molar-refractivity contribution in [1.29, 1.82) is 0 Å². The molecule has 1 spiro atoms. The molecule has 2 unspecified atom stereocenters. The summed E-state index contributed by atoms with van der Waals surface area (Å²) >= 11 is 0. The fourth-order valence-electron chi connectivity index (χ4n) is 6.38. The van der Waals surface area contributed by atoms with E-state index in [-0.39, 0.29) is 11.5 Å². The summed E-state index contributed by atoms with van der Waals surface area (Å²) in [5, 5.41) is 3.71. The lowest BCUT2D eigenvalue weighted by Crippen LogP contribution is -2.53. The number of piperidine rings is 1. The predicted octanol–water partition coefficient (Wildman–Crippen LogP) is 3.59. The van der Waals surface area contributed by atoms with E-state index in [0.29, 0.717) is 11.8 Å². The van der Waals surface area contributed by atoms with Crippen molar-refractivity contribution >= 4 is 6.41 Å². The third-order valence-corrected chi connectivity index (χ3v) is 7.76. The lowest BCUT2D eigenvalue weighted by atomic mass is 9.61. The smallest absolute Gasteiger partial charge is 0.209 e. The maximum absolute atomic E-state index is 12.0. The highest BCUT2D eigenvalue weighted by molar-refractivity contribution is 5.49. The minimum atomic E-state index is 0.110. The Kier molecular flexibility index (Phi) is 4.91. The number of likely N-dealkylation sites (tertiary alicyclic amines) is 1. The van der Waals surface area contributed by atoms with E-state index < -0.39 is 0 Å². The largest absolute Gasteiger partial charge is 0.342 e. The number of carbonyl (C=O) groups is 1. The summed E-state index contributed by atoms with van der Waals surface area (Å²) in [6.07, 6.45) is 6.70. The average Bonchev–Trinajstić information content (AvgIpc) is 3.17. The SMILES string of the molecule is Cc1ccc2c(n1)CCC[C@]21CNC[C@H]1C1CC(c2ccccc2)CCN1C=O. The zero-order chi connectivity index (χ0) is 19.8. The molecule has 2 aromatic rings. The van der Waals surface area contributed by atoms with Crippen LogP contribution in [0.4, 0.5) is 0 Å². The summed E-state index contributed by atoms with van der Waals surface area (Å²) in [7, 11) is 0. The first-order valence-corrected chi connectivity index (χ1v) is 11.1. The van der Waals surface area contributed by atoms with Gasteiger partial charge in [0.05, 0.1) is 0 Å². The molecule has 1 aliphatic carbocycles. The summed E-state index contributed by atoms with van der Waals surface area (Å²) < 4.78 is 0. The lowest BCUT2D eigenvalue weighted by molar-refractivity contribution is -0.123. The number of nitrogens with one attached hydrogen (secondary N) is 1. The molecule has 3 heterocycles. The van der Waals surface area contributed by atoms with Crippen molar-refractivity contribution in [2.75, 3.05) is 19.6 Å². The molecule has 2 aliphatic heterocycles. The highest BCUT2D eigenvalue weighted by Gasteiger charge is 2.52. The Labute approximate surface area is 173 Å². The van der Waals surface area contributed by atoms with E-state index in [4.69, 9.17) is 4.98 Å². The lowest BCUT2D eigenvalue weighted by Gasteiger charge is -2.48. The van der Waals surface area contributed by atoms with E-state index in [1.54, 1.807) is 0 Å². The van der Waals surface area contributed by atoms with Gasteiger partial charge in [-0.3, -0.25) is 9.78 Å². The molecule has 1 amide bonds. The zero-order valence-electron chi connectivity index (χ0n) is 17.3. The Hall–Kier alpha value is -2.20. The van der Waals surface area contributed by atoms with E-state index in [2.05, 4.69) is 59.6 Å². The second-order valence-corrected chi connectivity index (χ2v) is 9.24. The molecule has 4 atom stereocenters. The van der Waals surface area contributed by atoms with E-state index >= 15 is 0 Å².